The van der Waals surface area contributed by atoms with Crippen molar-refractivity contribution in [3.05, 3.63) is 29.6 Å². The third-order valence-electron chi connectivity index (χ3n) is 3.34. The van der Waals surface area contributed by atoms with E-state index >= 15 is 0 Å². The topological polar surface area (TPSA) is 64.9 Å². The molecule has 1 heterocycles. The van der Waals surface area contributed by atoms with Crippen LogP contribution < -0.4 is 10.6 Å². The van der Waals surface area contributed by atoms with Gasteiger partial charge in [-0.3, -0.25) is 4.79 Å². The fourth-order valence-corrected chi connectivity index (χ4v) is 2.21. The first-order chi connectivity index (χ1) is 9.10. The minimum Gasteiger partial charge on any atom is -0.322 e. The molecule has 2 rings (SSSR count). The second-order valence-corrected chi connectivity index (χ2v) is 4.93. The molecule has 4 nitrogen and oxygen atoms in total. The van der Waals surface area contributed by atoms with Gasteiger partial charge in [-0.25, -0.2) is 4.39 Å². The zero-order valence-electron chi connectivity index (χ0n) is 10.7. The molecule has 0 saturated carbocycles. The Morgan fingerprint density at radius 2 is 2.37 bits per heavy atom. The third kappa shape index (κ3) is 3.30. The van der Waals surface area contributed by atoms with Gasteiger partial charge in [0.15, 0.2) is 0 Å². The zero-order valence-corrected chi connectivity index (χ0v) is 10.7. The van der Waals surface area contributed by atoms with E-state index in [1.807, 2.05) is 6.07 Å². The number of piperidine rings is 1. The zero-order chi connectivity index (χ0) is 13.8. The minimum atomic E-state index is -0.587. The fraction of sp³-hybridized carbons (Fsp3) is 0.429. The molecule has 1 amide bonds. The number of benzene rings is 1. The van der Waals surface area contributed by atoms with Gasteiger partial charge in [-0.05, 0) is 43.5 Å². The van der Waals surface area contributed by atoms with Crippen LogP contribution in [0.3, 0.4) is 0 Å². The van der Waals surface area contributed by atoms with Gasteiger partial charge in [0.05, 0.1) is 23.4 Å². The highest BCUT2D eigenvalue weighted by atomic mass is 19.1. The van der Waals surface area contributed by atoms with Gasteiger partial charge in [0, 0.05) is 0 Å². The molecule has 2 atom stereocenters. The molecule has 5 heteroatoms. The number of halogens is 1. The van der Waals surface area contributed by atoms with Crippen LogP contribution in [0.4, 0.5) is 10.1 Å². The number of amides is 1. The average Bonchev–Trinajstić information content (AvgIpc) is 2.41. The number of anilines is 1. The summed E-state index contributed by atoms with van der Waals surface area (Å²) < 4.78 is 13.7. The first-order valence-corrected chi connectivity index (χ1v) is 6.34. The molecule has 2 unspecified atom stereocenters. The minimum absolute atomic E-state index is 0.115. The summed E-state index contributed by atoms with van der Waals surface area (Å²) in [6, 6.07) is 5.59. The van der Waals surface area contributed by atoms with Crippen molar-refractivity contribution >= 4 is 11.6 Å². The van der Waals surface area contributed by atoms with Crippen LogP contribution in [0.5, 0.6) is 0 Å². The van der Waals surface area contributed by atoms with Crippen LogP contribution >= 0.6 is 0 Å². The molecule has 0 radical (unpaired) electrons. The summed E-state index contributed by atoms with van der Waals surface area (Å²) in [6.07, 6.45) is 1.80. The smallest absolute Gasteiger partial charge is 0.241 e. The molecule has 19 heavy (non-hydrogen) atoms. The van der Waals surface area contributed by atoms with Crippen LogP contribution in [0.25, 0.3) is 0 Å². The van der Waals surface area contributed by atoms with Crippen LogP contribution in [0.1, 0.15) is 25.3 Å². The molecule has 1 aromatic rings. The maximum absolute atomic E-state index is 13.7. The lowest BCUT2D eigenvalue weighted by molar-refractivity contribution is -0.119. The van der Waals surface area contributed by atoms with Crippen molar-refractivity contribution in [2.24, 2.45) is 5.92 Å². The van der Waals surface area contributed by atoms with Gasteiger partial charge in [0.25, 0.3) is 0 Å². The van der Waals surface area contributed by atoms with Crippen LogP contribution in [0.15, 0.2) is 18.2 Å². The largest absolute Gasteiger partial charge is 0.322 e. The van der Waals surface area contributed by atoms with Crippen molar-refractivity contribution in [3.8, 4) is 6.07 Å². The Hall–Kier alpha value is -1.93. The number of nitriles is 1. The Bertz CT molecular complexity index is 524. The molecule has 0 aliphatic carbocycles. The SMILES string of the molecule is CC1CCNC(C(=O)Nc2ccc(C#N)cc2F)C1. The van der Waals surface area contributed by atoms with E-state index in [1.54, 1.807) is 0 Å². The van der Waals surface area contributed by atoms with Crippen LogP contribution in [0.2, 0.25) is 0 Å². The maximum atomic E-state index is 13.7. The monoisotopic (exact) mass is 261 g/mol. The Kier molecular flexibility index (Phi) is 4.13. The molecular weight excluding hydrogens is 245 g/mol. The van der Waals surface area contributed by atoms with Crippen LogP contribution in [-0.4, -0.2) is 18.5 Å². The van der Waals surface area contributed by atoms with Gasteiger partial charge in [-0.15, -0.1) is 0 Å². The molecule has 1 saturated heterocycles. The van der Waals surface area contributed by atoms with Crippen molar-refractivity contribution in [1.82, 2.24) is 5.32 Å². The Labute approximate surface area is 111 Å². The third-order valence-corrected chi connectivity index (χ3v) is 3.34. The molecule has 1 aliphatic heterocycles. The van der Waals surface area contributed by atoms with Gasteiger partial charge < -0.3 is 10.6 Å². The van der Waals surface area contributed by atoms with Crippen molar-refractivity contribution < 1.29 is 9.18 Å². The van der Waals surface area contributed by atoms with E-state index in [9.17, 15) is 9.18 Å². The lowest BCUT2D eigenvalue weighted by Gasteiger charge is -2.27. The number of nitrogens with zero attached hydrogens (tertiary/aromatic N) is 1. The van der Waals surface area contributed by atoms with Crippen molar-refractivity contribution in [2.45, 2.75) is 25.8 Å². The van der Waals surface area contributed by atoms with Gasteiger partial charge in [0.1, 0.15) is 5.82 Å². The number of carbonyl (C=O) groups excluding carboxylic acids is 1. The number of carbonyl (C=O) groups is 1. The number of nitrogens with one attached hydrogen (secondary N) is 2. The van der Waals surface area contributed by atoms with Crippen molar-refractivity contribution in [2.75, 3.05) is 11.9 Å². The van der Waals surface area contributed by atoms with Crippen molar-refractivity contribution in [3.63, 3.8) is 0 Å². The van der Waals surface area contributed by atoms with Gasteiger partial charge in [0.2, 0.25) is 5.91 Å². The predicted molar refractivity (Wildman–Crippen MR) is 69.9 cm³/mol. The number of rotatable bonds is 2. The maximum Gasteiger partial charge on any atom is 0.241 e. The standard InChI is InChI=1S/C14H16FN3O/c1-9-4-5-17-13(6-9)14(19)18-12-3-2-10(8-16)7-11(12)15/h2-3,7,9,13,17H,4-6H2,1H3,(H,18,19). The quantitative estimate of drug-likeness (QED) is 0.856. The van der Waals surface area contributed by atoms with Gasteiger partial charge >= 0.3 is 0 Å². The van der Waals surface area contributed by atoms with E-state index in [0.29, 0.717) is 5.92 Å². The summed E-state index contributed by atoms with van der Waals surface area (Å²) in [5.41, 5.74) is 0.351. The average molecular weight is 261 g/mol. The van der Waals surface area contributed by atoms with Crippen LogP contribution in [0, 0.1) is 23.1 Å². The van der Waals surface area contributed by atoms with E-state index in [1.165, 1.54) is 12.1 Å². The van der Waals surface area contributed by atoms with Gasteiger partial charge in [-0.1, -0.05) is 6.92 Å². The van der Waals surface area contributed by atoms with E-state index in [4.69, 9.17) is 5.26 Å². The summed E-state index contributed by atoms with van der Waals surface area (Å²) in [5, 5.41) is 14.3. The highest BCUT2D eigenvalue weighted by Crippen LogP contribution is 2.19. The lowest BCUT2D eigenvalue weighted by Crippen LogP contribution is -2.45. The summed E-state index contributed by atoms with van der Waals surface area (Å²) in [7, 11) is 0. The first kappa shape index (κ1) is 13.5. The number of hydrogen-bond acceptors (Lipinski definition) is 3. The molecular formula is C14H16FN3O. The summed E-state index contributed by atoms with van der Waals surface area (Å²) in [4.78, 5) is 12.0. The summed E-state index contributed by atoms with van der Waals surface area (Å²) in [5.74, 6) is -0.325. The van der Waals surface area contributed by atoms with E-state index in [2.05, 4.69) is 17.6 Å². The molecule has 2 N–H and O–H groups in total. The molecule has 1 fully saturated rings. The second-order valence-electron chi connectivity index (χ2n) is 4.93. The van der Waals surface area contributed by atoms with E-state index < -0.39 is 5.82 Å². The first-order valence-electron chi connectivity index (χ1n) is 6.34. The molecule has 0 spiro atoms. The van der Waals surface area contributed by atoms with E-state index in [0.717, 1.165) is 25.5 Å². The van der Waals surface area contributed by atoms with Crippen LogP contribution in [-0.2, 0) is 4.79 Å². The fourth-order valence-electron chi connectivity index (χ4n) is 2.21. The molecule has 1 aliphatic rings. The Morgan fingerprint density at radius 1 is 1.58 bits per heavy atom. The molecule has 0 bridgehead atoms. The Balaban J connectivity index is 2.04. The Morgan fingerprint density at radius 3 is 3.00 bits per heavy atom. The normalized spacial score (nSPS) is 22.6. The number of hydrogen-bond donors (Lipinski definition) is 2. The molecule has 0 aromatic heterocycles. The van der Waals surface area contributed by atoms with Crippen molar-refractivity contribution in [1.29, 1.82) is 5.26 Å². The highest BCUT2D eigenvalue weighted by molar-refractivity contribution is 5.95. The lowest BCUT2D eigenvalue weighted by atomic mass is 9.94. The summed E-state index contributed by atoms with van der Waals surface area (Å²) >= 11 is 0. The molecule has 100 valence electrons. The van der Waals surface area contributed by atoms with Gasteiger partial charge in [-0.2, -0.15) is 5.26 Å². The predicted octanol–water partition coefficient (Wildman–Crippen LogP) is 2.02. The highest BCUT2D eigenvalue weighted by Gasteiger charge is 2.25. The second kappa shape index (κ2) is 5.81. The molecule has 1 aromatic carbocycles. The summed E-state index contributed by atoms with van der Waals surface area (Å²) in [6.45, 7) is 2.90. The van der Waals surface area contributed by atoms with E-state index in [-0.39, 0.29) is 23.2 Å².